The first kappa shape index (κ1) is 31.0. The number of benzene rings is 1. The lowest BCUT2D eigenvalue weighted by molar-refractivity contribution is -0.145. The fraction of sp³-hybridized carbons (Fsp3) is 0.710. The molecule has 208 valence electrons. The summed E-state index contributed by atoms with van der Waals surface area (Å²) in [5.41, 5.74) is 0.475. The average molecular weight is 515 g/mol. The van der Waals surface area contributed by atoms with Gasteiger partial charge in [-0.1, -0.05) is 128 Å². The number of ether oxygens (including phenoxy) is 1. The number of carbonyl (C=O) groups is 3. The summed E-state index contributed by atoms with van der Waals surface area (Å²) < 4.78 is 5.96. The Morgan fingerprint density at radius 2 is 1.16 bits per heavy atom. The zero-order valence-electron chi connectivity index (χ0n) is 23.4. The number of para-hydroxylation sites is 1. The Morgan fingerprint density at radius 1 is 0.676 bits per heavy atom. The van der Waals surface area contributed by atoms with Gasteiger partial charge in [0, 0.05) is 6.61 Å². The molecule has 0 aliphatic carbocycles. The summed E-state index contributed by atoms with van der Waals surface area (Å²) in [5, 5.41) is 0. The van der Waals surface area contributed by atoms with Gasteiger partial charge in [-0.2, -0.15) is 0 Å². The largest absolute Gasteiger partial charge is 0.358 e. The molecule has 0 saturated carbocycles. The Bertz CT molecular complexity index is 783. The molecule has 1 saturated heterocycles. The molecule has 1 aromatic carbocycles. The van der Waals surface area contributed by atoms with Crippen LogP contribution in [0.25, 0.3) is 0 Å². The van der Waals surface area contributed by atoms with E-state index in [0.29, 0.717) is 18.7 Å². The Morgan fingerprint density at radius 3 is 1.65 bits per heavy atom. The van der Waals surface area contributed by atoms with E-state index in [0.717, 1.165) is 22.6 Å². The van der Waals surface area contributed by atoms with E-state index in [4.69, 9.17) is 4.74 Å². The summed E-state index contributed by atoms with van der Waals surface area (Å²) in [5.74, 6) is -0.980. The topological polar surface area (TPSA) is 66.9 Å². The third-order valence-electron chi connectivity index (χ3n) is 7.18. The highest BCUT2D eigenvalue weighted by molar-refractivity contribution is 6.26. The summed E-state index contributed by atoms with van der Waals surface area (Å²) in [6.45, 7) is 4.67. The number of urea groups is 1. The zero-order chi connectivity index (χ0) is 26.7. The van der Waals surface area contributed by atoms with E-state index < -0.39 is 24.1 Å². The van der Waals surface area contributed by atoms with Crippen LogP contribution in [0.5, 0.6) is 0 Å². The van der Waals surface area contributed by atoms with Crippen molar-refractivity contribution in [2.45, 2.75) is 136 Å². The van der Waals surface area contributed by atoms with Crippen molar-refractivity contribution < 1.29 is 19.1 Å². The van der Waals surface area contributed by atoms with Crippen LogP contribution in [0.1, 0.15) is 129 Å². The molecule has 1 fully saturated rings. The van der Waals surface area contributed by atoms with Gasteiger partial charge in [0.2, 0.25) is 11.8 Å². The van der Waals surface area contributed by atoms with Gasteiger partial charge in [-0.15, -0.1) is 0 Å². The van der Waals surface area contributed by atoms with Crippen LogP contribution in [-0.2, 0) is 14.3 Å². The van der Waals surface area contributed by atoms with Gasteiger partial charge >= 0.3 is 6.03 Å². The maximum atomic E-state index is 13.1. The molecule has 6 heteroatoms. The highest BCUT2D eigenvalue weighted by atomic mass is 16.5. The molecule has 4 amide bonds. The number of amides is 4. The molecular weight excluding hydrogens is 464 g/mol. The number of hydrogen-bond acceptors (Lipinski definition) is 4. The molecule has 1 aromatic rings. The first-order valence-electron chi connectivity index (χ1n) is 15.0. The highest BCUT2D eigenvalue weighted by Crippen LogP contribution is 2.24. The molecule has 0 radical (unpaired) electrons. The van der Waals surface area contributed by atoms with Crippen molar-refractivity contribution >= 4 is 23.5 Å². The Hall–Kier alpha value is -2.21. The first-order valence-corrected chi connectivity index (χ1v) is 15.0. The third kappa shape index (κ3) is 11.4. The van der Waals surface area contributed by atoms with E-state index in [1.165, 1.54) is 89.9 Å². The van der Waals surface area contributed by atoms with Crippen LogP contribution in [-0.4, -0.2) is 35.6 Å². The van der Waals surface area contributed by atoms with E-state index in [1.54, 1.807) is 24.3 Å². The zero-order valence-corrected chi connectivity index (χ0v) is 23.4. The van der Waals surface area contributed by atoms with E-state index in [-0.39, 0.29) is 6.42 Å². The number of barbiturate groups is 1. The minimum absolute atomic E-state index is 0.320. The minimum Gasteiger partial charge on any atom is -0.358 e. The van der Waals surface area contributed by atoms with Gasteiger partial charge in [-0.25, -0.2) is 14.6 Å². The standard InChI is InChI=1S/C31H50N2O4/c1-3-5-6-7-8-9-10-11-12-13-14-15-16-17-18-22-25-37-30(4-2)33-29(35)26-28(34)32(31(33)36)27-23-20-19-21-24-27/h19-21,23-24,30H,3-18,22,25-26H2,1-2H3. The summed E-state index contributed by atoms with van der Waals surface area (Å²) in [7, 11) is 0. The molecule has 2 rings (SSSR count). The molecule has 1 aliphatic rings. The summed E-state index contributed by atoms with van der Waals surface area (Å²) >= 11 is 0. The number of nitrogens with zero attached hydrogens (tertiary/aromatic N) is 2. The van der Waals surface area contributed by atoms with Crippen LogP contribution < -0.4 is 4.90 Å². The second-order valence-corrected chi connectivity index (χ2v) is 10.3. The van der Waals surface area contributed by atoms with E-state index in [2.05, 4.69) is 6.92 Å². The Balaban J connectivity index is 1.54. The third-order valence-corrected chi connectivity index (χ3v) is 7.18. The van der Waals surface area contributed by atoms with E-state index in [9.17, 15) is 14.4 Å². The van der Waals surface area contributed by atoms with E-state index >= 15 is 0 Å². The van der Waals surface area contributed by atoms with Gasteiger partial charge in [0.15, 0.2) is 0 Å². The first-order chi connectivity index (χ1) is 18.1. The van der Waals surface area contributed by atoms with Crippen molar-refractivity contribution in [1.29, 1.82) is 0 Å². The van der Waals surface area contributed by atoms with Crippen molar-refractivity contribution in [2.75, 3.05) is 11.5 Å². The van der Waals surface area contributed by atoms with E-state index in [1.807, 2.05) is 13.0 Å². The van der Waals surface area contributed by atoms with Crippen molar-refractivity contribution in [3.8, 4) is 0 Å². The number of anilines is 1. The lowest BCUT2D eigenvalue weighted by atomic mass is 10.0. The monoisotopic (exact) mass is 514 g/mol. The van der Waals surface area contributed by atoms with Gasteiger partial charge in [-0.3, -0.25) is 9.59 Å². The summed E-state index contributed by atoms with van der Waals surface area (Å²) in [6, 6.07) is 8.13. The van der Waals surface area contributed by atoms with Crippen LogP contribution in [0.2, 0.25) is 0 Å². The molecule has 6 nitrogen and oxygen atoms in total. The predicted octanol–water partition coefficient (Wildman–Crippen LogP) is 8.39. The van der Waals surface area contributed by atoms with Gasteiger partial charge in [0.25, 0.3) is 0 Å². The highest BCUT2D eigenvalue weighted by Gasteiger charge is 2.42. The predicted molar refractivity (Wildman–Crippen MR) is 150 cm³/mol. The maximum absolute atomic E-state index is 13.1. The summed E-state index contributed by atoms with van der Waals surface area (Å²) in [4.78, 5) is 40.2. The van der Waals surface area contributed by atoms with Crippen LogP contribution in [0.15, 0.2) is 30.3 Å². The number of carbonyl (C=O) groups excluding carboxylic acids is 3. The molecular formula is C31H50N2O4. The minimum atomic E-state index is -0.643. The molecule has 0 spiro atoms. The normalized spacial score (nSPS) is 15.0. The van der Waals surface area contributed by atoms with Crippen molar-refractivity contribution in [1.82, 2.24) is 4.90 Å². The Kier molecular flexibility index (Phi) is 15.9. The average Bonchev–Trinajstić information content (AvgIpc) is 2.89. The number of unbranched alkanes of at least 4 members (excludes halogenated alkanes) is 15. The van der Waals surface area contributed by atoms with Gasteiger partial charge < -0.3 is 4.74 Å². The molecule has 1 heterocycles. The fourth-order valence-corrected chi connectivity index (χ4v) is 4.97. The molecule has 1 unspecified atom stereocenters. The van der Waals surface area contributed by atoms with Crippen molar-refractivity contribution in [3.05, 3.63) is 30.3 Å². The quantitative estimate of drug-likeness (QED) is 0.122. The lowest BCUT2D eigenvalue weighted by Crippen LogP contribution is -2.59. The van der Waals surface area contributed by atoms with Gasteiger partial charge in [0.05, 0.1) is 5.69 Å². The Labute approximate surface area is 225 Å². The second-order valence-electron chi connectivity index (χ2n) is 10.3. The molecule has 1 aliphatic heterocycles. The summed E-state index contributed by atoms with van der Waals surface area (Å²) in [6.07, 6.45) is 20.5. The van der Waals surface area contributed by atoms with Crippen LogP contribution in [0.3, 0.4) is 0 Å². The number of hydrogen-bond donors (Lipinski definition) is 0. The molecule has 1 atom stereocenters. The van der Waals surface area contributed by atoms with Crippen LogP contribution in [0.4, 0.5) is 10.5 Å². The number of rotatable bonds is 21. The molecule has 37 heavy (non-hydrogen) atoms. The van der Waals surface area contributed by atoms with Crippen LogP contribution >= 0.6 is 0 Å². The molecule has 0 aromatic heterocycles. The van der Waals surface area contributed by atoms with Crippen molar-refractivity contribution in [3.63, 3.8) is 0 Å². The lowest BCUT2D eigenvalue weighted by Gasteiger charge is -2.36. The smallest absolute Gasteiger partial charge is 0.340 e. The fourth-order valence-electron chi connectivity index (χ4n) is 4.97. The van der Waals surface area contributed by atoms with Crippen molar-refractivity contribution in [2.24, 2.45) is 0 Å². The SMILES string of the molecule is CCCCCCCCCCCCCCCCCCOC(CC)N1C(=O)CC(=O)N(c2ccccc2)C1=O. The molecule has 0 N–H and O–H groups in total. The maximum Gasteiger partial charge on any atom is 0.340 e. The second kappa shape index (κ2) is 18.9. The van der Waals surface area contributed by atoms with Gasteiger partial charge in [0.1, 0.15) is 12.6 Å². The molecule has 0 bridgehead atoms. The van der Waals surface area contributed by atoms with Gasteiger partial charge in [-0.05, 0) is 25.0 Å². The number of imide groups is 2. The van der Waals surface area contributed by atoms with Crippen LogP contribution in [0, 0.1) is 0 Å².